The third-order valence-electron chi connectivity index (χ3n) is 4.42. The van der Waals surface area contributed by atoms with E-state index in [0.29, 0.717) is 6.54 Å². The summed E-state index contributed by atoms with van der Waals surface area (Å²) in [6.45, 7) is 9.12. The zero-order valence-electron chi connectivity index (χ0n) is 16.2. The Kier molecular flexibility index (Phi) is 7.44. The first-order chi connectivity index (χ1) is 12.5. The lowest BCUT2D eigenvalue weighted by Crippen LogP contribution is -2.37. The van der Waals surface area contributed by atoms with E-state index in [0.717, 1.165) is 49.8 Å². The molecule has 0 saturated heterocycles. The van der Waals surface area contributed by atoms with Crippen LogP contribution in [0.25, 0.3) is 0 Å². The van der Waals surface area contributed by atoms with Crippen LogP contribution >= 0.6 is 0 Å². The second-order valence-electron chi connectivity index (χ2n) is 6.33. The van der Waals surface area contributed by atoms with E-state index in [-0.39, 0.29) is 5.56 Å². The fourth-order valence-corrected chi connectivity index (χ4v) is 2.81. The predicted molar refractivity (Wildman–Crippen MR) is 105 cm³/mol. The molecule has 0 bridgehead atoms. The maximum absolute atomic E-state index is 11.7. The minimum atomic E-state index is 0.0533. The lowest BCUT2D eigenvalue weighted by molar-refractivity contribution is 0.585. The van der Waals surface area contributed by atoms with E-state index in [9.17, 15) is 4.79 Å². The largest absolute Gasteiger partial charge is 0.357 e. The lowest BCUT2D eigenvalue weighted by atomic mass is 10.2. The zero-order valence-corrected chi connectivity index (χ0v) is 16.2. The highest BCUT2D eigenvalue weighted by Gasteiger charge is 2.08. The van der Waals surface area contributed by atoms with Crippen LogP contribution in [0.4, 0.5) is 0 Å². The Bertz CT molecular complexity index is 790. The quantitative estimate of drug-likeness (QED) is 0.428. The molecule has 0 radical (unpaired) electrons. The van der Waals surface area contributed by atoms with Crippen molar-refractivity contribution in [3.63, 3.8) is 0 Å². The van der Waals surface area contributed by atoms with Gasteiger partial charge in [-0.15, -0.1) is 0 Å². The van der Waals surface area contributed by atoms with Crippen molar-refractivity contribution in [2.24, 2.45) is 12.0 Å². The number of nitrogens with zero attached hydrogens (tertiary/aromatic N) is 4. The number of hydrogen-bond donors (Lipinski definition) is 2. The molecule has 0 fully saturated rings. The number of nitrogens with one attached hydrogen (secondary N) is 2. The van der Waals surface area contributed by atoms with Crippen LogP contribution in [0, 0.1) is 13.8 Å². The molecular weight excluding hydrogens is 328 g/mol. The molecule has 7 heteroatoms. The number of guanidine groups is 1. The Labute approximate surface area is 155 Å². The zero-order chi connectivity index (χ0) is 18.9. The van der Waals surface area contributed by atoms with Gasteiger partial charge in [-0.1, -0.05) is 6.07 Å². The first-order valence-electron chi connectivity index (χ1n) is 9.19. The fraction of sp³-hybridized carbons (Fsp3) is 0.526. The van der Waals surface area contributed by atoms with Gasteiger partial charge in [0.1, 0.15) is 0 Å². The summed E-state index contributed by atoms with van der Waals surface area (Å²) in [5.41, 5.74) is 3.40. The van der Waals surface area contributed by atoms with Crippen molar-refractivity contribution < 1.29 is 0 Å². The van der Waals surface area contributed by atoms with Crippen LogP contribution in [-0.2, 0) is 20.1 Å². The van der Waals surface area contributed by atoms with Gasteiger partial charge < -0.3 is 15.2 Å². The number of hydrogen-bond acceptors (Lipinski definition) is 3. The summed E-state index contributed by atoms with van der Waals surface area (Å²) in [5.74, 6) is 0.812. The van der Waals surface area contributed by atoms with Gasteiger partial charge in [0.15, 0.2) is 5.96 Å². The van der Waals surface area contributed by atoms with Gasteiger partial charge in [-0.3, -0.25) is 9.48 Å². The summed E-state index contributed by atoms with van der Waals surface area (Å²) in [4.78, 5) is 16.3. The Morgan fingerprint density at radius 1 is 1.23 bits per heavy atom. The Hall–Kier alpha value is -2.57. The van der Waals surface area contributed by atoms with E-state index >= 15 is 0 Å². The highest BCUT2D eigenvalue weighted by Crippen LogP contribution is 2.12. The number of pyridine rings is 1. The average molecular weight is 358 g/mol. The molecule has 2 aromatic rings. The predicted octanol–water partition coefficient (Wildman–Crippen LogP) is 1.73. The standard InChI is InChI=1S/C19H30N6O/c1-5-20-19(22-14-17-15(2)23-24(4)16(17)3)21-11-7-9-13-25-12-8-6-10-18(25)26/h6,8,10,12H,5,7,9,11,13-14H2,1-4H3,(H2,20,21,22). The smallest absolute Gasteiger partial charge is 0.250 e. The minimum absolute atomic E-state index is 0.0533. The molecule has 0 spiro atoms. The van der Waals surface area contributed by atoms with E-state index in [4.69, 9.17) is 0 Å². The van der Waals surface area contributed by atoms with Crippen molar-refractivity contribution in [2.75, 3.05) is 13.1 Å². The van der Waals surface area contributed by atoms with Gasteiger partial charge in [-0.2, -0.15) is 5.10 Å². The molecule has 2 aromatic heterocycles. The summed E-state index contributed by atoms with van der Waals surface area (Å²) in [6, 6.07) is 5.25. The Balaban J connectivity index is 1.82. The molecular formula is C19H30N6O. The molecule has 0 saturated carbocycles. The summed E-state index contributed by atoms with van der Waals surface area (Å²) >= 11 is 0. The molecule has 26 heavy (non-hydrogen) atoms. The van der Waals surface area contributed by atoms with Gasteiger partial charge in [0.2, 0.25) is 5.56 Å². The number of rotatable bonds is 8. The number of aromatic nitrogens is 3. The molecule has 0 amide bonds. The molecule has 142 valence electrons. The van der Waals surface area contributed by atoms with Crippen LogP contribution in [0.15, 0.2) is 34.2 Å². The first kappa shape index (κ1) is 19.8. The lowest BCUT2D eigenvalue weighted by Gasteiger charge is -2.11. The molecule has 0 aliphatic carbocycles. The van der Waals surface area contributed by atoms with Crippen molar-refractivity contribution in [1.29, 1.82) is 0 Å². The van der Waals surface area contributed by atoms with Gasteiger partial charge >= 0.3 is 0 Å². The van der Waals surface area contributed by atoms with Gasteiger partial charge in [-0.05, 0) is 39.7 Å². The molecule has 0 unspecified atom stereocenters. The average Bonchev–Trinajstić information content (AvgIpc) is 2.86. The van der Waals surface area contributed by atoms with E-state index in [1.807, 2.05) is 30.9 Å². The van der Waals surface area contributed by atoms with Gasteiger partial charge in [0.05, 0.1) is 12.2 Å². The second-order valence-corrected chi connectivity index (χ2v) is 6.33. The van der Waals surface area contributed by atoms with Crippen molar-refractivity contribution >= 4 is 5.96 Å². The molecule has 0 aliphatic rings. The SMILES string of the molecule is CCNC(=NCc1c(C)nn(C)c1C)NCCCCn1ccccc1=O. The van der Waals surface area contributed by atoms with Gasteiger partial charge in [0.25, 0.3) is 0 Å². The molecule has 0 aromatic carbocycles. The van der Waals surface area contributed by atoms with E-state index in [1.54, 1.807) is 16.7 Å². The maximum atomic E-state index is 11.7. The Morgan fingerprint density at radius 3 is 2.69 bits per heavy atom. The normalized spacial score (nSPS) is 11.6. The molecule has 2 heterocycles. The Morgan fingerprint density at radius 2 is 2.04 bits per heavy atom. The molecule has 0 atom stereocenters. The third-order valence-corrected chi connectivity index (χ3v) is 4.42. The maximum Gasteiger partial charge on any atom is 0.250 e. The highest BCUT2D eigenvalue weighted by atomic mass is 16.1. The number of aryl methyl sites for hydroxylation is 3. The van der Waals surface area contributed by atoms with Crippen molar-refractivity contribution in [1.82, 2.24) is 25.0 Å². The van der Waals surface area contributed by atoms with Crippen LogP contribution in [0.1, 0.15) is 36.7 Å². The minimum Gasteiger partial charge on any atom is -0.357 e. The van der Waals surface area contributed by atoms with Crippen LogP contribution in [0.3, 0.4) is 0 Å². The molecule has 2 rings (SSSR count). The molecule has 0 aliphatic heterocycles. The van der Waals surface area contributed by atoms with Crippen LogP contribution < -0.4 is 16.2 Å². The van der Waals surface area contributed by atoms with Crippen molar-refractivity contribution in [3.8, 4) is 0 Å². The number of aliphatic imine (C=N–C) groups is 1. The van der Waals surface area contributed by atoms with Crippen LogP contribution in [-0.4, -0.2) is 33.4 Å². The van der Waals surface area contributed by atoms with Crippen molar-refractivity contribution in [3.05, 3.63) is 51.7 Å². The summed E-state index contributed by atoms with van der Waals surface area (Å²) in [5, 5.41) is 11.1. The van der Waals surface area contributed by atoms with Crippen LogP contribution in [0.5, 0.6) is 0 Å². The van der Waals surface area contributed by atoms with E-state index in [1.165, 1.54) is 5.56 Å². The van der Waals surface area contributed by atoms with E-state index < -0.39 is 0 Å². The summed E-state index contributed by atoms with van der Waals surface area (Å²) < 4.78 is 3.64. The second kappa shape index (κ2) is 9.79. The molecule has 7 nitrogen and oxygen atoms in total. The molecule has 2 N–H and O–H groups in total. The van der Waals surface area contributed by atoms with Gasteiger partial charge in [-0.25, -0.2) is 4.99 Å². The fourth-order valence-electron chi connectivity index (χ4n) is 2.81. The summed E-state index contributed by atoms with van der Waals surface area (Å²) in [7, 11) is 1.96. The van der Waals surface area contributed by atoms with Crippen molar-refractivity contribution in [2.45, 2.75) is 46.7 Å². The first-order valence-corrected chi connectivity index (χ1v) is 9.19. The highest BCUT2D eigenvalue weighted by molar-refractivity contribution is 5.79. The summed E-state index contributed by atoms with van der Waals surface area (Å²) in [6.07, 6.45) is 3.74. The third kappa shape index (κ3) is 5.47. The monoisotopic (exact) mass is 358 g/mol. The van der Waals surface area contributed by atoms with Gasteiger partial charge in [0, 0.05) is 50.2 Å². The topological polar surface area (TPSA) is 76.2 Å². The van der Waals surface area contributed by atoms with E-state index in [2.05, 4.69) is 34.6 Å². The number of unbranched alkanes of at least 4 members (excludes halogenated alkanes) is 1. The van der Waals surface area contributed by atoms with Crippen LogP contribution in [0.2, 0.25) is 0 Å².